The fourth-order valence-electron chi connectivity index (χ4n) is 8.97. The van der Waals surface area contributed by atoms with E-state index in [-0.39, 0.29) is 25.9 Å². The largest absolute Gasteiger partial charge is 0.479 e. The number of carbonyl (C=O) groups excluding carboxylic acids is 3. The Balaban J connectivity index is 2.70. The molecule has 1 rings (SSSR count). The van der Waals surface area contributed by atoms with Gasteiger partial charge in [0, 0.05) is 19.3 Å². The zero-order chi connectivity index (χ0) is 54.7. The van der Waals surface area contributed by atoms with E-state index < -0.39 is 67.3 Å². The van der Waals surface area contributed by atoms with Crippen LogP contribution in [0.5, 0.6) is 0 Å². The molecule has 3 N–H and O–H groups in total. The molecule has 0 bridgehead atoms. The Labute approximate surface area is 456 Å². The van der Waals surface area contributed by atoms with Gasteiger partial charge in [-0.1, -0.05) is 236 Å². The number of hydrogen-bond donors (Lipinski definition) is 3. The van der Waals surface area contributed by atoms with E-state index in [1.807, 2.05) is 12.2 Å². The number of aliphatic hydroxyl groups is 2. The summed E-state index contributed by atoms with van der Waals surface area (Å²) < 4.78 is 28.4. The molecule has 0 aromatic carbocycles. The SMILES string of the molecule is CC/C=C\C/C=C\C/C=C\C/C=C\CCC(=O)OC(COC(=O)CCCCCCCCCCCCCCCCC)COC1OC(C(=O)O)C(O)C(O)C1OC(=O)CCCCCCCCC/C=C\CCCCCCCC. The number of carboxylic acid groups (broad SMARTS) is 1. The molecule has 0 aromatic rings. The molecule has 0 spiro atoms. The normalized spacial score (nSPS) is 18.5. The Morgan fingerprint density at radius 3 is 1.33 bits per heavy atom. The Kier molecular flexibility index (Phi) is 47.4. The molecule has 1 aliphatic rings. The highest BCUT2D eigenvalue weighted by molar-refractivity contribution is 5.74. The maximum atomic E-state index is 13.1. The molecule has 12 heteroatoms. The molecule has 1 saturated heterocycles. The third-order valence-corrected chi connectivity index (χ3v) is 13.6. The molecule has 0 aromatic heterocycles. The number of allylic oxidation sites excluding steroid dienone is 10. The molecule has 0 saturated carbocycles. The number of ether oxygens (including phenoxy) is 5. The van der Waals surface area contributed by atoms with Crippen molar-refractivity contribution < 1.29 is 58.2 Å². The first-order valence-electron chi connectivity index (χ1n) is 30.3. The summed E-state index contributed by atoms with van der Waals surface area (Å²) in [6.45, 7) is 5.83. The van der Waals surface area contributed by atoms with Crippen molar-refractivity contribution >= 4 is 23.9 Å². The summed E-state index contributed by atoms with van der Waals surface area (Å²) in [5, 5.41) is 31.5. The third-order valence-electron chi connectivity index (χ3n) is 13.6. The number of unbranched alkanes of at least 4 members (excludes halogenated alkanes) is 27. The van der Waals surface area contributed by atoms with E-state index >= 15 is 0 Å². The maximum absolute atomic E-state index is 13.1. The lowest BCUT2D eigenvalue weighted by molar-refractivity contribution is -0.301. The van der Waals surface area contributed by atoms with Gasteiger partial charge in [0.15, 0.2) is 24.6 Å². The topological polar surface area (TPSA) is 175 Å². The van der Waals surface area contributed by atoms with Gasteiger partial charge in [0.25, 0.3) is 0 Å². The average molecular weight is 1060 g/mol. The molecule has 1 aliphatic heterocycles. The van der Waals surface area contributed by atoms with Crippen LogP contribution in [0.4, 0.5) is 0 Å². The smallest absolute Gasteiger partial charge is 0.335 e. The molecule has 0 amide bonds. The van der Waals surface area contributed by atoms with Gasteiger partial charge in [0.05, 0.1) is 6.61 Å². The van der Waals surface area contributed by atoms with Crippen LogP contribution in [0.15, 0.2) is 60.8 Å². The fraction of sp³-hybridized carbons (Fsp3) is 0.778. The lowest BCUT2D eigenvalue weighted by Gasteiger charge is -2.40. The van der Waals surface area contributed by atoms with Gasteiger partial charge in [-0.2, -0.15) is 0 Å². The average Bonchev–Trinajstić information content (AvgIpc) is 3.39. The van der Waals surface area contributed by atoms with E-state index in [9.17, 15) is 34.5 Å². The zero-order valence-corrected chi connectivity index (χ0v) is 47.5. The lowest BCUT2D eigenvalue weighted by Crippen LogP contribution is -2.61. The highest BCUT2D eigenvalue weighted by Gasteiger charge is 2.50. The van der Waals surface area contributed by atoms with Gasteiger partial charge in [-0.05, 0) is 70.6 Å². The molecule has 432 valence electrons. The summed E-state index contributed by atoms with van der Waals surface area (Å²) in [6, 6.07) is 0. The third kappa shape index (κ3) is 41.2. The predicted molar refractivity (Wildman–Crippen MR) is 303 cm³/mol. The molecule has 0 radical (unpaired) electrons. The summed E-state index contributed by atoms with van der Waals surface area (Å²) in [5.74, 6) is -3.22. The van der Waals surface area contributed by atoms with Crippen LogP contribution in [0.1, 0.15) is 265 Å². The number of carbonyl (C=O) groups is 4. The van der Waals surface area contributed by atoms with Crippen molar-refractivity contribution in [3.63, 3.8) is 0 Å². The first-order chi connectivity index (χ1) is 36.6. The van der Waals surface area contributed by atoms with Crippen LogP contribution >= 0.6 is 0 Å². The molecular weight excluding hydrogens is 949 g/mol. The first-order valence-corrected chi connectivity index (χ1v) is 30.3. The highest BCUT2D eigenvalue weighted by atomic mass is 16.7. The van der Waals surface area contributed by atoms with Gasteiger partial charge in [0.1, 0.15) is 18.8 Å². The summed E-state index contributed by atoms with van der Waals surface area (Å²) in [5.41, 5.74) is 0. The first kappa shape index (κ1) is 69.4. The number of aliphatic carboxylic acids is 1. The van der Waals surface area contributed by atoms with Crippen molar-refractivity contribution in [2.24, 2.45) is 0 Å². The molecule has 0 aliphatic carbocycles. The van der Waals surface area contributed by atoms with Crippen molar-refractivity contribution in [1.82, 2.24) is 0 Å². The van der Waals surface area contributed by atoms with E-state index in [4.69, 9.17) is 23.7 Å². The lowest BCUT2D eigenvalue weighted by atomic mass is 9.98. The minimum atomic E-state index is -1.91. The second-order valence-corrected chi connectivity index (χ2v) is 20.6. The van der Waals surface area contributed by atoms with Gasteiger partial charge >= 0.3 is 23.9 Å². The minimum Gasteiger partial charge on any atom is -0.479 e. The highest BCUT2D eigenvalue weighted by Crippen LogP contribution is 2.26. The van der Waals surface area contributed by atoms with Crippen LogP contribution in [0.3, 0.4) is 0 Å². The van der Waals surface area contributed by atoms with Gasteiger partial charge < -0.3 is 39.0 Å². The van der Waals surface area contributed by atoms with Crippen molar-refractivity contribution in [2.45, 2.75) is 302 Å². The zero-order valence-electron chi connectivity index (χ0n) is 47.5. The van der Waals surface area contributed by atoms with Crippen molar-refractivity contribution in [3.8, 4) is 0 Å². The van der Waals surface area contributed by atoms with Gasteiger partial charge in [-0.15, -0.1) is 0 Å². The molecule has 12 nitrogen and oxygen atoms in total. The van der Waals surface area contributed by atoms with E-state index in [0.717, 1.165) is 77.0 Å². The van der Waals surface area contributed by atoms with E-state index in [1.165, 1.54) is 122 Å². The van der Waals surface area contributed by atoms with Crippen LogP contribution in [0, 0.1) is 0 Å². The molecule has 1 heterocycles. The quantitative estimate of drug-likeness (QED) is 0.0228. The standard InChI is InChI=1S/C63H108O12/c1-4-7-10-13-16-19-22-25-27-28-30-33-36-39-42-45-48-51-57(66)74-61-59(68)58(67)60(62(69)70)75-63(61)72-53-54(73-56(65)50-47-44-41-38-35-31-24-21-18-15-12-9-6-3)52-71-55(64)49-46-43-40-37-34-32-29-26-23-20-17-14-11-8-5-2/h9,12,18,21,25,27,31,35,41,44,54,58-61,63,67-68H,4-8,10-11,13-17,19-20,22-24,26,28-30,32-34,36-40,42-43,45-53H2,1-3H3,(H,69,70)/b12-9-,21-18-,27-25-,35-31-,44-41-. The maximum Gasteiger partial charge on any atom is 0.335 e. The number of carboxylic acids is 1. The van der Waals surface area contributed by atoms with Crippen molar-refractivity contribution in [1.29, 1.82) is 0 Å². The Hall–Kier alpha value is -3.58. The molecular formula is C63H108O12. The minimum absolute atomic E-state index is 0.0426. The second-order valence-electron chi connectivity index (χ2n) is 20.6. The second kappa shape index (κ2) is 51.2. The Morgan fingerprint density at radius 2 is 0.867 bits per heavy atom. The van der Waals surface area contributed by atoms with E-state index in [0.29, 0.717) is 25.7 Å². The number of hydrogen-bond acceptors (Lipinski definition) is 11. The van der Waals surface area contributed by atoms with Crippen LogP contribution in [-0.2, 0) is 42.9 Å². The Morgan fingerprint density at radius 1 is 0.453 bits per heavy atom. The monoisotopic (exact) mass is 1060 g/mol. The molecule has 6 unspecified atom stereocenters. The molecule has 6 atom stereocenters. The van der Waals surface area contributed by atoms with Crippen LogP contribution in [-0.4, -0.2) is 89.2 Å². The number of esters is 3. The number of aliphatic hydroxyl groups excluding tert-OH is 2. The van der Waals surface area contributed by atoms with Crippen molar-refractivity contribution in [3.05, 3.63) is 60.8 Å². The van der Waals surface area contributed by atoms with Crippen molar-refractivity contribution in [2.75, 3.05) is 13.2 Å². The van der Waals surface area contributed by atoms with Crippen LogP contribution in [0.2, 0.25) is 0 Å². The van der Waals surface area contributed by atoms with Gasteiger partial charge in [-0.3, -0.25) is 14.4 Å². The molecule has 75 heavy (non-hydrogen) atoms. The summed E-state index contributed by atoms with van der Waals surface area (Å²) in [6.07, 6.45) is 50.6. The van der Waals surface area contributed by atoms with Gasteiger partial charge in [-0.25, -0.2) is 4.79 Å². The summed E-state index contributed by atoms with van der Waals surface area (Å²) in [4.78, 5) is 51.1. The predicted octanol–water partition coefficient (Wildman–Crippen LogP) is 15.6. The number of rotatable bonds is 51. The summed E-state index contributed by atoms with van der Waals surface area (Å²) >= 11 is 0. The van der Waals surface area contributed by atoms with Gasteiger partial charge in [0.2, 0.25) is 0 Å². The van der Waals surface area contributed by atoms with E-state index in [1.54, 1.807) is 0 Å². The summed E-state index contributed by atoms with van der Waals surface area (Å²) in [7, 11) is 0. The molecule has 1 fully saturated rings. The fourth-order valence-corrected chi connectivity index (χ4v) is 8.97. The van der Waals surface area contributed by atoms with Crippen LogP contribution in [0.25, 0.3) is 0 Å². The van der Waals surface area contributed by atoms with Crippen LogP contribution < -0.4 is 0 Å². The Bertz CT molecular complexity index is 1540. The van der Waals surface area contributed by atoms with E-state index in [2.05, 4.69) is 69.4 Å².